The fraction of sp³-hybridized carbons (Fsp3) is 0.400. The Bertz CT molecular complexity index is 462. The highest BCUT2D eigenvalue weighted by Gasteiger charge is 2.33. The lowest BCUT2D eigenvalue weighted by atomic mass is 10.1. The number of nitrogen functional groups attached to an aromatic ring is 1. The number of nitrogens with zero attached hydrogens (tertiary/aromatic N) is 3. The molecule has 7 heteroatoms. The molecule has 0 spiro atoms. The number of nitrogens with two attached hydrogens (primary N) is 1. The van der Waals surface area contributed by atoms with E-state index in [4.69, 9.17) is 5.73 Å². The molecule has 1 aromatic heterocycles. The Labute approximate surface area is 98.0 Å². The van der Waals surface area contributed by atoms with Gasteiger partial charge in [-0.05, 0) is 12.5 Å². The zero-order chi connectivity index (χ0) is 12.4. The molecule has 3 N–H and O–H groups in total. The predicted octanol–water partition coefficient (Wildman–Crippen LogP) is -0.700. The summed E-state index contributed by atoms with van der Waals surface area (Å²) in [5.74, 6) is -0.0659. The topological polar surface area (TPSA) is 101 Å². The van der Waals surface area contributed by atoms with E-state index >= 15 is 0 Å². The van der Waals surface area contributed by atoms with Crippen LogP contribution in [-0.4, -0.2) is 34.4 Å². The van der Waals surface area contributed by atoms with E-state index in [-0.39, 0.29) is 18.4 Å². The number of amides is 2. The van der Waals surface area contributed by atoms with Crippen molar-refractivity contribution < 1.29 is 9.59 Å². The van der Waals surface area contributed by atoms with E-state index in [1.807, 2.05) is 6.92 Å². The van der Waals surface area contributed by atoms with Crippen molar-refractivity contribution in [3.63, 3.8) is 0 Å². The van der Waals surface area contributed by atoms with E-state index in [1.165, 1.54) is 6.20 Å². The molecule has 1 aliphatic heterocycles. The SMILES string of the molecule is CCC1C(=O)NC(=O)CN1c1nccc(N)n1. The van der Waals surface area contributed by atoms with E-state index in [1.54, 1.807) is 11.0 Å². The van der Waals surface area contributed by atoms with Crippen LogP contribution in [0.5, 0.6) is 0 Å². The molecule has 1 atom stereocenters. The van der Waals surface area contributed by atoms with Gasteiger partial charge in [-0.15, -0.1) is 0 Å². The van der Waals surface area contributed by atoms with Crippen molar-refractivity contribution in [1.29, 1.82) is 0 Å². The van der Waals surface area contributed by atoms with Crippen LogP contribution in [0.25, 0.3) is 0 Å². The van der Waals surface area contributed by atoms with Crippen LogP contribution in [0.2, 0.25) is 0 Å². The Balaban J connectivity index is 2.34. The first-order chi connectivity index (χ1) is 8.11. The molecule has 1 aliphatic rings. The zero-order valence-electron chi connectivity index (χ0n) is 9.38. The lowest BCUT2D eigenvalue weighted by molar-refractivity contribution is -0.133. The van der Waals surface area contributed by atoms with Gasteiger partial charge in [0.2, 0.25) is 17.8 Å². The number of nitrogens with one attached hydrogen (secondary N) is 1. The van der Waals surface area contributed by atoms with Crippen molar-refractivity contribution in [3.05, 3.63) is 12.3 Å². The number of anilines is 2. The van der Waals surface area contributed by atoms with Crippen LogP contribution in [-0.2, 0) is 9.59 Å². The maximum Gasteiger partial charge on any atom is 0.249 e. The molecule has 0 saturated carbocycles. The standard InChI is InChI=1S/C10H13N5O2/c1-2-6-9(17)14-8(16)5-15(6)10-12-4-3-7(11)13-10/h3-4,6H,2,5H2,1H3,(H2,11,12,13)(H,14,16,17). The van der Waals surface area contributed by atoms with Gasteiger partial charge in [0.1, 0.15) is 18.4 Å². The number of piperazine rings is 1. The summed E-state index contributed by atoms with van der Waals surface area (Å²) >= 11 is 0. The van der Waals surface area contributed by atoms with Gasteiger partial charge >= 0.3 is 0 Å². The smallest absolute Gasteiger partial charge is 0.249 e. The minimum atomic E-state index is -0.436. The summed E-state index contributed by atoms with van der Waals surface area (Å²) in [6, 6.07) is 1.12. The maximum absolute atomic E-state index is 11.6. The van der Waals surface area contributed by atoms with Gasteiger partial charge in [0, 0.05) is 6.20 Å². The summed E-state index contributed by atoms with van der Waals surface area (Å²) in [4.78, 5) is 32.6. The molecule has 1 saturated heterocycles. The van der Waals surface area contributed by atoms with Crippen LogP contribution >= 0.6 is 0 Å². The number of aromatic nitrogens is 2. The van der Waals surface area contributed by atoms with Crippen LogP contribution in [0, 0.1) is 0 Å². The monoisotopic (exact) mass is 235 g/mol. The lowest BCUT2D eigenvalue weighted by Gasteiger charge is -2.33. The van der Waals surface area contributed by atoms with Gasteiger partial charge in [-0.25, -0.2) is 4.98 Å². The molecule has 0 bridgehead atoms. The number of rotatable bonds is 2. The number of hydrogen-bond donors (Lipinski definition) is 2. The Morgan fingerprint density at radius 3 is 3.00 bits per heavy atom. The fourth-order valence-corrected chi connectivity index (χ4v) is 1.78. The second-order valence-electron chi connectivity index (χ2n) is 3.75. The van der Waals surface area contributed by atoms with Crippen molar-refractivity contribution in [1.82, 2.24) is 15.3 Å². The van der Waals surface area contributed by atoms with Gasteiger partial charge in [0.05, 0.1) is 0 Å². The summed E-state index contributed by atoms with van der Waals surface area (Å²) in [6.07, 6.45) is 2.07. The highest BCUT2D eigenvalue weighted by Crippen LogP contribution is 2.16. The third kappa shape index (κ3) is 2.17. The fourth-order valence-electron chi connectivity index (χ4n) is 1.78. The molecule has 90 valence electrons. The quantitative estimate of drug-likeness (QED) is 0.657. The molecule has 2 heterocycles. The van der Waals surface area contributed by atoms with E-state index in [0.29, 0.717) is 18.2 Å². The van der Waals surface area contributed by atoms with Gasteiger partial charge in [-0.1, -0.05) is 6.92 Å². The van der Waals surface area contributed by atoms with Crippen LogP contribution < -0.4 is 16.0 Å². The van der Waals surface area contributed by atoms with Crippen molar-refractivity contribution in [2.45, 2.75) is 19.4 Å². The summed E-state index contributed by atoms with van der Waals surface area (Å²) in [6.45, 7) is 1.92. The number of hydrogen-bond acceptors (Lipinski definition) is 6. The second kappa shape index (κ2) is 4.36. The first-order valence-corrected chi connectivity index (χ1v) is 5.30. The summed E-state index contributed by atoms with van der Waals surface area (Å²) in [7, 11) is 0. The molecule has 0 aliphatic carbocycles. The largest absolute Gasteiger partial charge is 0.384 e. The van der Waals surface area contributed by atoms with Gasteiger partial charge in [0.25, 0.3) is 0 Å². The van der Waals surface area contributed by atoms with Crippen molar-refractivity contribution in [2.24, 2.45) is 0 Å². The predicted molar refractivity (Wildman–Crippen MR) is 61.0 cm³/mol. The maximum atomic E-state index is 11.6. The van der Waals surface area contributed by atoms with Gasteiger partial charge in [0.15, 0.2) is 0 Å². The second-order valence-corrected chi connectivity index (χ2v) is 3.75. The van der Waals surface area contributed by atoms with E-state index < -0.39 is 6.04 Å². The number of carbonyl (C=O) groups is 2. The van der Waals surface area contributed by atoms with E-state index in [2.05, 4.69) is 15.3 Å². The minimum absolute atomic E-state index is 0.0632. The Morgan fingerprint density at radius 2 is 2.35 bits per heavy atom. The average molecular weight is 235 g/mol. The van der Waals surface area contributed by atoms with E-state index in [0.717, 1.165) is 0 Å². The molecule has 2 rings (SSSR count). The molecule has 1 aromatic rings. The highest BCUT2D eigenvalue weighted by atomic mass is 16.2. The molecule has 1 fully saturated rings. The lowest BCUT2D eigenvalue weighted by Crippen LogP contribution is -2.58. The summed E-state index contributed by atoms with van der Waals surface area (Å²) < 4.78 is 0. The number of imide groups is 1. The Morgan fingerprint density at radius 1 is 1.59 bits per heavy atom. The first-order valence-electron chi connectivity index (χ1n) is 5.30. The third-order valence-corrected chi connectivity index (χ3v) is 2.56. The van der Waals surface area contributed by atoms with Crippen molar-refractivity contribution in [2.75, 3.05) is 17.2 Å². The zero-order valence-corrected chi connectivity index (χ0v) is 9.38. The van der Waals surface area contributed by atoms with Crippen LogP contribution in [0.15, 0.2) is 12.3 Å². The van der Waals surface area contributed by atoms with Gasteiger partial charge in [-0.2, -0.15) is 4.98 Å². The van der Waals surface area contributed by atoms with Gasteiger partial charge in [-0.3, -0.25) is 14.9 Å². The molecule has 7 nitrogen and oxygen atoms in total. The molecular formula is C10H13N5O2. The normalized spacial score (nSPS) is 20.3. The van der Waals surface area contributed by atoms with Crippen LogP contribution in [0.3, 0.4) is 0 Å². The minimum Gasteiger partial charge on any atom is -0.384 e. The van der Waals surface area contributed by atoms with Gasteiger partial charge < -0.3 is 10.6 Å². The van der Waals surface area contributed by atoms with E-state index in [9.17, 15) is 9.59 Å². The molecule has 2 amide bonds. The van der Waals surface area contributed by atoms with Crippen LogP contribution in [0.4, 0.5) is 11.8 Å². The highest BCUT2D eigenvalue weighted by molar-refractivity contribution is 6.04. The first kappa shape index (κ1) is 11.3. The molecule has 17 heavy (non-hydrogen) atoms. The Kier molecular flexibility index (Phi) is 2.90. The van der Waals surface area contributed by atoms with Crippen molar-refractivity contribution >= 4 is 23.6 Å². The average Bonchev–Trinajstić information content (AvgIpc) is 2.28. The molecule has 0 aromatic carbocycles. The van der Waals surface area contributed by atoms with Crippen molar-refractivity contribution in [3.8, 4) is 0 Å². The summed E-state index contributed by atoms with van der Waals surface area (Å²) in [5.41, 5.74) is 5.56. The molecule has 1 unspecified atom stereocenters. The molecule has 0 radical (unpaired) electrons. The number of carbonyl (C=O) groups excluding carboxylic acids is 2. The Hall–Kier alpha value is -2.18. The summed E-state index contributed by atoms with van der Waals surface area (Å²) in [5, 5.41) is 2.29. The molecular weight excluding hydrogens is 222 g/mol. The third-order valence-electron chi connectivity index (χ3n) is 2.56. The van der Waals surface area contributed by atoms with Crippen LogP contribution in [0.1, 0.15) is 13.3 Å².